The molecule has 4 nitrogen and oxygen atoms in total. The summed E-state index contributed by atoms with van der Waals surface area (Å²) in [7, 11) is 0. The summed E-state index contributed by atoms with van der Waals surface area (Å²) in [6.07, 6.45) is 0. The lowest BCUT2D eigenvalue weighted by molar-refractivity contribution is -0.118. The van der Waals surface area contributed by atoms with Crippen LogP contribution in [0.15, 0.2) is 48.5 Å². The number of hydrogen-bond donors (Lipinski definition) is 2. The van der Waals surface area contributed by atoms with E-state index in [-0.39, 0.29) is 11.8 Å². The van der Waals surface area contributed by atoms with Crippen LogP contribution in [-0.2, 0) is 4.79 Å². The van der Waals surface area contributed by atoms with Gasteiger partial charge in [0.05, 0.1) is 5.52 Å². The molecular weight excluding hydrogens is 262 g/mol. The van der Waals surface area contributed by atoms with Gasteiger partial charge in [-0.3, -0.25) is 9.89 Å². The van der Waals surface area contributed by atoms with E-state index in [1.54, 1.807) is 0 Å². The van der Waals surface area contributed by atoms with Crippen LogP contribution < -0.4 is 5.32 Å². The molecule has 1 aromatic heterocycles. The van der Waals surface area contributed by atoms with Gasteiger partial charge in [-0.05, 0) is 23.3 Å². The van der Waals surface area contributed by atoms with Crippen LogP contribution in [0, 0.1) is 5.92 Å². The summed E-state index contributed by atoms with van der Waals surface area (Å²) >= 11 is 0. The molecule has 0 atom stereocenters. The molecule has 2 N–H and O–H groups in total. The normalized spacial score (nSPS) is 11.0. The highest BCUT2D eigenvalue weighted by Crippen LogP contribution is 2.27. The van der Waals surface area contributed by atoms with Gasteiger partial charge in [0.1, 0.15) is 0 Å². The topological polar surface area (TPSA) is 57.8 Å². The van der Waals surface area contributed by atoms with Crippen molar-refractivity contribution in [1.82, 2.24) is 10.2 Å². The molecule has 0 aliphatic rings. The molecule has 0 fully saturated rings. The van der Waals surface area contributed by atoms with Crippen molar-refractivity contribution in [3.05, 3.63) is 48.5 Å². The number of hydrogen-bond acceptors (Lipinski definition) is 2. The zero-order chi connectivity index (χ0) is 14.8. The van der Waals surface area contributed by atoms with E-state index in [4.69, 9.17) is 0 Å². The first-order valence-corrected chi connectivity index (χ1v) is 6.99. The number of fused-ring (bicyclic) bond motifs is 1. The summed E-state index contributed by atoms with van der Waals surface area (Å²) in [5.74, 6) is 0.485. The van der Waals surface area contributed by atoms with Gasteiger partial charge in [0.15, 0.2) is 5.82 Å². The third-order valence-electron chi connectivity index (χ3n) is 3.44. The number of aromatic amines is 1. The van der Waals surface area contributed by atoms with E-state index < -0.39 is 0 Å². The molecule has 2 aromatic carbocycles. The second-order valence-electron chi connectivity index (χ2n) is 5.34. The summed E-state index contributed by atoms with van der Waals surface area (Å²) in [4.78, 5) is 11.8. The molecular formula is C17H17N3O. The molecule has 21 heavy (non-hydrogen) atoms. The van der Waals surface area contributed by atoms with E-state index >= 15 is 0 Å². The summed E-state index contributed by atoms with van der Waals surface area (Å²) in [6, 6.07) is 16.2. The highest BCUT2D eigenvalue weighted by Gasteiger charge is 2.12. The molecule has 1 amide bonds. The minimum atomic E-state index is -0.0691. The van der Waals surface area contributed by atoms with Crippen molar-refractivity contribution in [2.45, 2.75) is 13.8 Å². The van der Waals surface area contributed by atoms with Crippen LogP contribution in [0.3, 0.4) is 0 Å². The molecule has 0 bridgehead atoms. The highest BCUT2D eigenvalue weighted by molar-refractivity contribution is 6.01. The van der Waals surface area contributed by atoms with E-state index in [1.807, 2.05) is 50.2 Å². The van der Waals surface area contributed by atoms with Crippen molar-refractivity contribution in [1.29, 1.82) is 0 Å². The van der Waals surface area contributed by atoms with Gasteiger partial charge < -0.3 is 5.32 Å². The van der Waals surface area contributed by atoms with Crippen molar-refractivity contribution in [2.75, 3.05) is 5.32 Å². The van der Waals surface area contributed by atoms with E-state index in [0.717, 1.165) is 22.0 Å². The average Bonchev–Trinajstić information content (AvgIpc) is 2.90. The summed E-state index contributed by atoms with van der Waals surface area (Å²) in [5.41, 5.74) is 3.19. The van der Waals surface area contributed by atoms with E-state index in [2.05, 4.69) is 27.6 Å². The molecule has 0 aliphatic heterocycles. The zero-order valence-corrected chi connectivity index (χ0v) is 12.1. The molecule has 1 heterocycles. The molecule has 3 rings (SSSR count). The fourth-order valence-corrected chi connectivity index (χ4v) is 2.19. The van der Waals surface area contributed by atoms with Gasteiger partial charge in [0.2, 0.25) is 5.91 Å². The minimum absolute atomic E-state index is 0.0319. The van der Waals surface area contributed by atoms with Gasteiger partial charge >= 0.3 is 0 Å². The Morgan fingerprint density at radius 1 is 1.10 bits per heavy atom. The number of carbonyl (C=O) groups is 1. The monoisotopic (exact) mass is 279 g/mol. The molecule has 3 aromatic rings. The number of anilines is 1. The summed E-state index contributed by atoms with van der Waals surface area (Å²) < 4.78 is 0. The number of rotatable bonds is 3. The van der Waals surface area contributed by atoms with Crippen molar-refractivity contribution in [2.24, 2.45) is 5.92 Å². The number of aromatic nitrogens is 2. The number of nitrogens with one attached hydrogen (secondary N) is 2. The van der Waals surface area contributed by atoms with Crippen LogP contribution in [0.2, 0.25) is 0 Å². The third kappa shape index (κ3) is 2.65. The van der Waals surface area contributed by atoms with Crippen molar-refractivity contribution in [3.63, 3.8) is 0 Å². The van der Waals surface area contributed by atoms with E-state index in [0.29, 0.717) is 5.82 Å². The minimum Gasteiger partial charge on any atom is -0.308 e. The van der Waals surface area contributed by atoms with Crippen molar-refractivity contribution < 1.29 is 4.79 Å². The standard InChI is InChI=1S/C17H17N3O/c1-11(2)17(21)18-16-14-9-8-13(10-15(14)19-20-16)12-6-4-3-5-7-12/h3-11H,1-2H3,(H2,18,19,20,21). The Morgan fingerprint density at radius 3 is 2.57 bits per heavy atom. The van der Waals surface area contributed by atoms with Crippen LogP contribution in [0.5, 0.6) is 0 Å². The molecule has 0 unspecified atom stereocenters. The molecule has 0 saturated heterocycles. The maximum absolute atomic E-state index is 11.8. The largest absolute Gasteiger partial charge is 0.308 e. The number of carbonyl (C=O) groups excluding carboxylic acids is 1. The number of H-pyrrole nitrogens is 1. The Morgan fingerprint density at radius 2 is 1.86 bits per heavy atom. The Labute approximate surface area is 123 Å². The third-order valence-corrected chi connectivity index (χ3v) is 3.44. The fraction of sp³-hybridized carbons (Fsp3) is 0.176. The van der Waals surface area contributed by atoms with Crippen LogP contribution in [0.25, 0.3) is 22.0 Å². The maximum Gasteiger partial charge on any atom is 0.228 e. The van der Waals surface area contributed by atoms with E-state index in [9.17, 15) is 4.79 Å². The van der Waals surface area contributed by atoms with Gasteiger partial charge in [0, 0.05) is 11.3 Å². The molecule has 0 spiro atoms. The maximum atomic E-state index is 11.8. The SMILES string of the molecule is CC(C)C(=O)Nc1n[nH]c2cc(-c3ccccc3)ccc12. The van der Waals surface area contributed by atoms with Gasteiger partial charge in [0.25, 0.3) is 0 Å². The van der Waals surface area contributed by atoms with Crippen molar-refractivity contribution in [3.8, 4) is 11.1 Å². The Bertz CT molecular complexity index is 775. The van der Waals surface area contributed by atoms with Crippen LogP contribution in [-0.4, -0.2) is 16.1 Å². The predicted molar refractivity (Wildman–Crippen MR) is 85.0 cm³/mol. The van der Waals surface area contributed by atoms with Gasteiger partial charge in [-0.2, -0.15) is 5.10 Å². The summed E-state index contributed by atoms with van der Waals surface area (Å²) in [6.45, 7) is 3.72. The molecule has 0 radical (unpaired) electrons. The summed E-state index contributed by atoms with van der Waals surface area (Å²) in [5, 5.41) is 10.9. The van der Waals surface area contributed by atoms with Crippen LogP contribution in [0.4, 0.5) is 5.82 Å². The Balaban J connectivity index is 1.96. The number of benzene rings is 2. The molecule has 0 aliphatic carbocycles. The first-order chi connectivity index (χ1) is 10.1. The number of nitrogens with zero attached hydrogens (tertiary/aromatic N) is 1. The first-order valence-electron chi connectivity index (χ1n) is 6.99. The Kier molecular flexibility index (Phi) is 3.44. The number of amides is 1. The van der Waals surface area contributed by atoms with E-state index in [1.165, 1.54) is 0 Å². The highest BCUT2D eigenvalue weighted by atomic mass is 16.1. The van der Waals surface area contributed by atoms with Gasteiger partial charge in [-0.15, -0.1) is 0 Å². The smallest absolute Gasteiger partial charge is 0.228 e. The fourth-order valence-electron chi connectivity index (χ4n) is 2.19. The second-order valence-corrected chi connectivity index (χ2v) is 5.34. The second kappa shape index (κ2) is 5.40. The lowest BCUT2D eigenvalue weighted by atomic mass is 10.0. The zero-order valence-electron chi connectivity index (χ0n) is 12.1. The van der Waals surface area contributed by atoms with Crippen molar-refractivity contribution >= 4 is 22.6 Å². The molecule has 4 heteroatoms. The lowest BCUT2D eigenvalue weighted by Gasteiger charge is -2.05. The van der Waals surface area contributed by atoms with Crippen LogP contribution >= 0.6 is 0 Å². The van der Waals surface area contributed by atoms with Gasteiger partial charge in [-0.1, -0.05) is 50.2 Å². The predicted octanol–water partition coefficient (Wildman–Crippen LogP) is 3.82. The van der Waals surface area contributed by atoms with Gasteiger partial charge in [-0.25, -0.2) is 0 Å². The quantitative estimate of drug-likeness (QED) is 0.765. The van der Waals surface area contributed by atoms with Crippen LogP contribution in [0.1, 0.15) is 13.8 Å². The Hall–Kier alpha value is -2.62. The molecule has 106 valence electrons. The first kappa shape index (κ1) is 13.4. The lowest BCUT2D eigenvalue weighted by Crippen LogP contribution is -2.18. The molecule has 0 saturated carbocycles. The average molecular weight is 279 g/mol.